The van der Waals surface area contributed by atoms with Crippen LogP contribution in [-0.2, 0) is 20.1 Å². The molecule has 1 unspecified atom stereocenters. The van der Waals surface area contributed by atoms with Crippen molar-refractivity contribution in [3.8, 4) is 0 Å². The highest BCUT2D eigenvalue weighted by Gasteiger charge is 2.51. The summed E-state index contributed by atoms with van der Waals surface area (Å²) in [4.78, 5) is 12.8. The van der Waals surface area contributed by atoms with Gasteiger partial charge in [-0.05, 0) is 36.2 Å². The second-order valence-electron chi connectivity index (χ2n) is 6.32. The Labute approximate surface area is 151 Å². The summed E-state index contributed by atoms with van der Waals surface area (Å²) in [5.74, 6) is 0.192. The molecule has 0 amide bonds. The molecule has 2 aromatic carbocycles. The van der Waals surface area contributed by atoms with E-state index in [1.165, 1.54) is 0 Å². The van der Waals surface area contributed by atoms with Crippen molar-refractivity contribution in [3.63, 3.8) is 0 Å². The third-order valence-corrected chi connectivity index (χ3v) is 6.09. The van der Waals surface area contributed by atoms with Gasteiger partial charge in [-0.15, -0.1) is 11.8 Å². The molecule has 1 heterocycles. The van der Waals surface area contributed by atoms with Crippen molar-refractivity contribution >= 4 is 23.4 Å². The molecular weight excluding hydrogens is 344 g/mol. The largest absolute Gasteiger partial charge is 0.344 e. The van der Waals surface area contributed by atoms with Gasteiger partial charge in [-0.3, -0.25) is 0 Å². The van der Waals surface area contributed by atoms with Crippen molar-refractivity contribution in [2.75, 3.05) is 12.4 Å². The van der Waals surface area contributed by atoms with E-state index in [1.54, 1.807) is 11.8 Å². The SMILES string of the molecule is Clc1ccc(SCC2(c3ccccc3)COC3(CCC3)OO2)cc1. The van der Waals surface area contributed by atoms with Crippen molar-refractivity contribution in [1.82, 2.24) is 0 Å². The molecule has 0 radical (unpaired) electrons. The van der Waals surface area contributed by atoms with Gasteiger partial charge in [0.2, 0.25) is 5.79 Å². The third-order valence-electron chi connectivity index (χ3n) is 4.62. The summed E-state index contributed by atoms with van der Waals surface area (Å²) in [5, 5.41) is 0.740. The molecule has 1 spiro atoms. The number of ether oxygens (including phenoxy) is 1. The molecule has 0 bridgehead atoms. The summed E-state index contributed by atoms with van der Waals surface area (Å²) in [5.41, 5.74) is 0.465. The topological polar surface area (TPSA) is 27.7 Å². The van der Waals surface area contributed by atoms with Gasteiger partial charge in [0.1, 0.15) is 0 Å². The van der Waals surface area contributed by atoms with E-state index in [0.717, 1.165) is 34.7 Å². The minimum absolute atomic E-state index is 0.498. The van der Waals surface area contributed by atoms with Crippen molar-refractivity contribution in [3.05, 3.63) is 65.2 Å². The van der Waals surface area contributed by atoms with Gasteiger partial charge in [0.15, 0.2) is 5.60 Å². The molecule has 24 heavy (non-hydrogen) atoms. The van der Waals surface area contributed by atoms with Crippen LogP contribution in [0.2, 0.25) is 5.02 Å². The van der Waals surface area contributed by atoms with Crippen molar-refractivity contribution in [1.29, 1.82) is 0 Å². The third kappa shape index (κ3) is 3.22. The van der Waals surface area contributed by atoms with Crippen LogP contribution < -0.4 is 0 Å². The highest BCUT2D eigenvalue weighted by atomic mass is 35.5. The molecule has 2 fully saturated rings. The van der Waals surface area contributed by atoms with Crippen LogP contribution in [0, 0.1) is 0 Å². The second kappa shape index (κ2) is 6.70. The molecule has 0 N–H and O–H groups in total. The first-order valence-corrected chi connectivity index (χ1v) is 9.51. The Morgan fingerprint density at radius 1 is 0.958 bits per heavy atom. The summed E-state index contributed by atoms with van der Waals surface area (Å²) in [6.45, 7) is 0.498. The fourth-order valence-electron chi connectivity index (χ4n) is 2.90. The van der Waals surface area contributed by atoms with E-state index in [-0.39, 0.29) is 0 Å². The highest BCUT2D eigenvalue weighted by Crippen LogP contribution is 2.46. The zero-order valence-electron chi connectivity index (χ0n) is 13.2. The van der Waals surface area contributed by atoms with E-state index in [4.69, 9.17) is 26.1 Å². The summed E-state index contributed by atoms with van der Waals surface area (Å²) < 4.78 is 6.10. The Bertz CT molecular complexity index is 676. The first-order chi connectivity index (χ1) is 11.7. The molecule has 4 rings (SSSR count). The number of halogens is 1. The maximum absolute atomic E-state index is 6.10. The Morgan fingerprint density at radius 3 is 2.29 bits per heavy atom. The lowest BCUT2D eigenvalue weighted by atomic mass is 9.90. The van der Waals surface area contributed by atoms with Crippen LogP contribution in [-0.4, -0.2) is 18.1 Å². The lowest BCUT2D eigenvalue weighted by Crippen LogP contribution is -2.54. The van der Waals surface area contributed by atoms with Crippen molar-refractivity contribution in [2.45, 2.75) is 35.5 Å². The first kappa shape index (κ1) is 16.4. The minimum Gasteiger partial charge on any atom is -0.344 e. The average molecular weight is 363 g/mol. The van der Waals surface area contributed by atoms with Crippen LogP contribution in [0.15, 0.2) is 59.5 Å². The van der Waals surface area contributed by atoms with Gasteiger partial charge in [-0.1, -0.05) is 41.9 Å². The number of hydrogen-bond acceptors (Lipinski definition) is 4. The molecular formula is C19H19ClO3S. The number of rotatable bonds is 4. The summed E-state index contributed by atoms with van der Waals surface area (Å²) in [6.07, 6.45) is 2.94. The van der Waals surface area contributed by atoms with E-state index >= 15 is 0 Å². The summed E-state index contributed by atoms with van der Waals surface area (Å²) in [7, 11) is 0. The van der Waals surface area contributed by atoms with Gasteiger partial charge < -0.3 is 4.74 Å². The molecule has 126 valence electrons. The fraction of sp³-hybridized carbons (Fsp3) is 0.368. The van der Waals surface area contributed by atoms with Gasteiger partial charge in [-0.25, -0.2) is 9.78 Å². The van der Waals surface area contributed by atoms with Gasteiger partial charge in [0, 0.05) is 28.5 Å². The monoisotopic (exact) mass is 362 g/mol. The lowest BCUT2D eigenvalue weighted by molar-refractivity contribution is -0.528. The predicted octanol–water partition coefficient (Wildman–Crippen LogP) is 5.19. The molecule has 1 aliphatic heterocycles. The van der Waals surface area contributed by atoms with E-state index in [9.17, 15) is 0 Å². The maximum Gasteiger partial charge on any atom is 0.201 e. The number of hydrogen-bond donors (Lipinski definition) is 0. The molecule has 1 saturated heterocycles. The quantitative estimate of drug-likeness (QED) is 0.553. The van der Waals surface area contributed by atoms with E-state index in [0.29, 0.717) is 12.4 Å². The predicted molar refractivity (Wildman–Crippen MR) is 95.0 cm³/mol. The van der Waals surface area contributed by atoms with Gasteiger partial charge >= 0.3 is 0 Å². The molecule has 3 nitrogen and oxygen atoms in total. The van der Waals surface area contributed by atoms with Gasteiger partial charge in [0.25, 0.3) is 0 Å². The van der Waals surface area contributed by atoms with Crippen LogP contribution in [0.3, 0.4) is 0 Å². The molecule has 1 aliphatic carbocycles. The molecule has 2 aliphatic rings. The maximum atomic E-state index is 6.10. The number of benzene rings is 2. The summed E-state index contributed by atoms with van der Waals surface area (Å²) in [6, 6.07) is 18.0. The summed E-state index contributed by atoms with van der Waals surface area (Å²) >= 11 is 7.68. The van der Waals surface area contributed by atoms with E-state index in [2.05, 4.69) is 12.1 Å². The molecule has 5 heteroatoms. The van der Waals surface area contributed by atoms with Crippen LogP contribution in [0.4, 0.5) is 0 Å². The van der Waals surface area contributed by atoms with Crippen LogP contribution in [0.25, 0.3) is 0 Å². The zero-order chi connectivity index (χ0) is 16.5. The van der Waals surface area contributed by atoms with Crippen molar-refractivity contribution in [2.24, 2.45) is 0 Å². The Hall–Kier alpha value is -1.04. The van der Waals surface area contributed by atoms with Crippen LogP contribution >= 0.6 is 23.4 Å². The standard InChI is InChI=1S/C19H19ClO3S/c20-16-7-9-17(10-8-16)24-14-18(15-5-2-1-3-6-15)13-21-19(23-22-18)11-4-12-19/h1-3,5-10H,4,11-14H2. The van der Waals surface area contributed by atoms with Crippen LogP contribution in [0.5, 0.6) is 0 Å². The number of thioether (sulfide) groups is 1. The average Bonchev–Trinajstić information content (AvgIpc) is 2.61. The Balaban J connectivity index is 1.53. The lowest BCUT2D eigenvalue weighted by Gasteiger charge is -2.48. The van der Waals surface area contributed by atoms with Gasteiger partial charge in [0.05, 0.1) is 6.61 Å². The molecule has 1 saturated carbocycles. The van der Waals surface area contributed by atoms with Crippen LogP contribution in [0.1, 0.15) is 24.8 Å². The van der Waals surface area contributed by atoms with E-state index in [1.807, 2.05) is 42.5 Å². The second-order valence-corrected chi connectivity index (χ2v) is 7.81. The zero-order valence-corrected chi connectivity index (χ0v) is 14.8. The Kier molecular flexibility index (Phi) is 4.58. The molecule has 2 aromatic rings. The first-order valence-electron chi connectivity index (χ1n) is 8.15. The normalized spacial score (nSPS) is 25.4. The minimum atomic E-state index is -0.605. The van der Waals surface area contributed by atoms with E-state index < -0.39 is 11.4 Å². The van der Waals surface area contributed by atoms with Crippen molar-refractivity contribution < 1.29 is 14.5 Å². The Morgan fingerprint density at radius 2 is 1.71 bits per heavy atom. The molecule has 1 atom stereocenters. The fourth-order valence-corrected chi connectivity index (χ4v) is 4.05. The smallest absolute Gasteiger partial charge is 0.201 e. The molecule has 0 aromatic heterocycles. The van der Waals surface area contributed by atoms with Gasteiger partial charge in [-0.2, -0.15) is 0 Å². The highest BCUT2D eigenvalue weighted by molar-refractivity contribution is 7.99.